The fraction of sp³-hybridized carbons (Fsp3) is 0.276. The molecule has 12 nitrogen and oxygen atoms in total. The molecule has 78 heavy (non-hydrogen) atoms. The van der Waals surface area contributed by atoms with Crippen LogP contribution >= 0.6 is 63.7 Å². The second-order valence-corrected chi connectivity index (χ2v) is 30.0. The van der Waals surface area contributed by atoms with Crippen molar-refractivity contribution < 1.29 is 33.7 Å². The average molecular weight is 1390 g/mol. The van der Waals surface area contributed by atoms with Gasteiger partial charge in [-0.3, -0.25) is 0 Å². The van der Waals surface area contributed by atoms with Gasteiger partial charge >= 0.3 is 0 Å². The van der Waals surface area contributed by atoms with E-state index in [0.29, 0.717) is 65.8 Å². The highest BCUT2D eigenvalue weighted by Crippen LogP contribution is 2.37. The first-order chi connectivity index (χ1) is 37.0. The molecule has 0 aliphatic carbocycles. The Balaban J connectivity index is 1.36. The Morgan fingerprint density at radius 2 is 0.449 bits per heavy atom. The molecule has 2 aliphatic heterocycles. The van der Waals surface area contributed by atoms with Gasteiger partial charge in [0, 0.05) is 73.7 Å². The number of fused-ring (bicyclic) bond motifs is 10. The van der Waals surface area contributed by atoms with Gasteiger partial charge in [0.15, 0.2) is 0 Å². The van der Waals surface area contributed by atoms with Gasteiger partial charge in [-0.1, -0.05) is 171 Å². The van der Waals surface area contributed by atoms with Crippen LogP contribution in [-0.4, -0.2) is 50.9 Å². The summed E-state index contributed by atoms with van der Waals surface area (Å²) in [4.78, 5) is 0.220. The highest BCUT2D eigenvalue weighted by molar-refractivity contribution is 9.09. The molecular weight excluding hydrogens is 1330 g/mol. The van der Waals surface area contributed by atoms with Gasteiger partial charge in [0.05, 0.1) is 19.6 Å². The third-order valence-corrected chi connectivity index (χ3v) is 24.2. The summed E-state index contributed by atoms with van der Waals surface area (Å²) < 4.78 is 129. The van der Waals surface area contributed by atoms with Crippen molar-refractivity contribution in [3.63, 3.8) is 0 Å². The molecule has 0 atom stereocenters. The minimum absolute atomic E-state index is 0.0550. The fourth-order valence-corrected chi connectivity index (χ4v) is 17.6. The largest absolute Gasteiger partial charge is 0.243 e. The number of hydrogen-bond acceptors (Lipinski definition) is 8. The minimum Gasteiger partial charge on any atom is -0.207 e. The van der Waals surface area contributed by atoms with E-state index in [1.807, 2.05) is 52.0 Å². The van der Waals surface area contributed by atoms with E-state index in [4.69, 9.17) is 0 Å². The number of rotatable bonds is 12. The summed E-state index contributed by atoms with van der Waals surface area (Å²) >= 11 is 14.7. The van der Waals surface area contributed by atoms with Crippen LogP contribution in [-0.2, 0) is 114 Å². The predicted molar refractivity (Wildman–Crippen MR) is 320 cm³/mol. The Kier molecular flexibility index (Phi) is 18.0. The first-order valence-corrected chi connectivity index (χ1v) is 35.2. The Bertz CT molecular complexity index is 3370. The van der Waals surface area contributed by atoms with Crippen molar-refractivity contribution in [3.05, 3.63) is 222 Å². The molecule has 0 fully saturated rings. The molecular formula is C58H58Br4N4O8S4. The van der Waals surface area contributed by atoms with Crippen LogP contribution in [0.3, 0.4) is 0 Å². The Labute approximate surface area is 493 Å². The van der Waals surface area contributed by atoms with E-state index in [2.05, 4.69) is 63.7 Å². The zero-order valence-electron chi connectivity index (χ0n) is 43.4. The molecule has 0 N–H and O–H groups in total. The van der Waals surface area contributed by atoms with E-state index in [9.17, 15) is 0 Å². The third kappa shape index (κ3) is 12.3. The summed E-state index contributed by atoms with van der Waals surface area (Å²) in [5, 5.41) is 1.44. The maximum atomic E-state index is 15.4. The number of halogens is 4. The second kappa shape index (κ2) is 23.9. The monoisotopic (exact) mass is 1380 g/mol. The quantitative estimate of drug-likeness (QED) is 0.110. The second-order valence-electron chi connectivity index (χ2n) is 20.0. The van der Waals surface area contributed by atoms with Crippen LogP contribution in [0.2, 0.25) is 0 Å². The highest BCUT2D eigenvalue weighted by atomic mass is 79.9. The maximum Gasteiger partial charge on any atom is 0.243 e. The predicted octanol–water partition coefficient (Wildman–Crippen LogP) is 12.7. The Morgan fingerprint density at radius 3 is 0.628 bits per heavy atom. The molecule has 0 saturated heterocycles. The van der Waals surface area contributed by atoms with E-state index >= 15 is 33.7 Å². The fourth-order valence-electron chi connectivity index (χ4n) is 9.91. The van der Waals surface area contributed by atoms with Crippen molar-refractivity contribution in [3.8, 4) is 0 Å². The molecule has 20 heteroatoms. The standard InChI is InChI=1S/C58H58Br4N4O8S4/c1-39-5-13-55(14-6-39)75(67,68)63-31-47-23-48(44(28-60)21-43(47)27-59)32-65(77(71,72)57-17-9-41(3)10-18-57)37-53-25-51(35-63)52-26-54(53)38-66(78(73,74)58-19-11-42(4)12-20-58)34-50-24-49(45(29-61)22-46(50)30-62)33-64(36-52)76(69,70)56-15-7-40(2)8-16-56/h5-26H,27-38H2,1-4H3. The normalized spacial score (nSPS) is 15.7. The summed E-state index contributed by atoms with van der Waals surface area (Å²) in [6.07, 6.45) is 0. The lowest BCUT2D eigenvalue weighted by molar-refractivity contribution is 0.370. The van der Waals surface area contributed by atoms with Gasteiger partial charge in [-0.05, 0) is 143 Å². The van der Waals surface area contributed by atoms with E-state index in [0.717, 1.165) is 44.5 Å². The van der Waals surface area contributed by atoms with Crippen molar-refractivity contribution in [1.29, 1.82) is 0 Å². The van der Waals surface area contributed by atoms with Gasteiger partial charge < -0.3 is 0 Å². The van der Waals surface area contributed by atoms with Crippen LogP contribution in [0.5, 0.6) is 0 Å². The van der Waals surface area contributed by atoms with Crippen LogP contribution in [0.25, 0.3) is 0 Å². The number of nitrogens with zero attached hydrogens (tertiary/aromatic N) is 4. The smallest absolute Gasteiger partial charge is 0.207 e. The summed E-state index contributed by atoms with van der Waals surface area (Å²) in [7, 11) is -17.3. The number of alkyl halides is 4. The summed E-state index contributed by atoms with van der Waals surface area (Å²) in [5.41, 5.74) is 10.8. The number of sulfonamides is 4. The van der Waals surface area contributed by atoms with Crippen LogP contribution < -0.4 is 0 Å². The van der Waals surface area contributed by atoms with Gasteiger partial charge in [0.2, 0.25) is 40.1 Å². The lowest BCUT2D eigenvalue weighted by atomic mass is 9.95. The molecule has 0 unspecified atom stereocenters. The Hall–Kier alpha value is -3.90. The molecule has 0 radical (unpaired) electrons. The van der Waals surface area contributed by atoms with Crippen LogP contribution in [0.1, 0.15) is 89.0 Å². The zero-order chi connectivity index (χ0) is 55.9. The van der Waals surface area contributed by atoms with Gasteiger partial charge in [0.25, 0.3) is 0 Å². The molecule has 0 saturated carbocycles. The maximum absolute atomic E-state index is 15.4. The molecule has 7 aromatic rings. The topological polar surface area (TPSA) is 150 Å². The molecule has 410 valence electrons. The van der Waals surface area contributed by atoms with Gasteiger partial charge in [0.1, 0.15) is 0 Å². The van der Waals surface area contributed by atoms with Crippen LogP contribution in [0.4, 0.5) is 0 Å². The molecule has 7 aromatic carbocycles. The summed E-state index contributed by atoms with van der Waals surface area (Å²) in [6, 6.07) is 37.7. The van der Waals surface area contributed by atoms with E-state index in [1.165, 1.54) is 17.2 Å². The van der Waals surface area contributed by atoms with Gasteiger partial charge in [-0.25, -0.2) is 33.7 Å². The molecule has 9 rings (SSSR count). The summed E-state index contributed by atoms with van der Waals surface area (Å²) in [6.45, 7) is 5.84. The number of aryl methyl sites for hydroxylation is 4. The highest BCUT2D eigenvalue weighted by Gasteiger charge is 2.36. The first kappa shape index (κ1) is 58.7. The molecule has 0 aromatic heterocycles. The average Bonchev–Trinajstić information content (AvgIpc) is 3.51. The molecule has 0 spiro atoms. The SMILES string of the molecule is Cc1ccc(S(=O)(=O)N2Cc3cc(c(CBr)cc3CBr)CN(S(=O)(=O)c3ccc(C)cc3)Cc3cc(c4cc3CN(S(=O)(=O)c3ccc(C)cc3)Cc3cc(c(CBr)cc3CBr)CN(S(=O)(=O)c3ccc(C)cc3)C4)C2)cc1. The number of hydrogen-bond donors (Lipinski definition) is 0. The third-order valence-electron chi connectivity index (χ3n) is 14.6. The van der Waals surface area contributed by atoms with Gasteiger partial charge in [-0.15, -0.1) is 0 Å². The molecule has 0 amide bonds. The number of benzene rings is 7. The first-order valence-electron chi connectivity index (χ1n) is 25.0. The lowest BCUT2D eigenvalue weighted by Crippen LogP contribution is -2.36. The molecule has 2 heterocycles. The lowest BCUT2D eigenvalue weighted by Gasteiger charge is -2.32. The van der Waals surface area contributed by atoms with Crippen molar-refractivity contribution in [2.45, 2.75) is 121 Å². The zero-order valence-corrected chi connectivity index (χ0v) is 53.0. The molecule has 8 bridgehead atoms. The van der Waals surface area contributed by atoms with Crippen molar-refractivity contribution in [1.82, 2.24) is 17.2 Å². The van der Waals surface area contributed by atoms with E-state index in [-0.39, 0.29) is 71.9 Å². The van der Waals surface area contributed by atoms with E-state index < -0.39 is 40.1 Å². The summed E-state index contributed by atoms with van der Waals surface area (Å²) in [5.74, 6) is 0. The van der Waals surface area contributed by atoms with Crippen molar-refractivity contribution in [2.75, 3.05) is 0 Å². The minimum atomic E-state index is -4.33. The van der Waals surface area contributed by atoms with Crippen LogP contribution in [0, 0.1) is 27.7 Å². The van der Waals surface area contributed by atoms with Crippen molar-refractivity contribution in [2.24, 2.45) is 0 Å². The molecule has 2 aliphatic rings. The Morgan fingerprint density at radius 1 is 0.282 bits per heavy atom. The van der Waals surface area contributed by atoms with Gasteiger partial charge in [-0.2, -0.15) is 17.2 Å². The van der Waals surface area contributed by atoms with Crippen molar-refractivity contribution >= 4 is 104 Å². The van der Waals surface area contributed by atoms with E-state index in [1.54, 1.807) is 109 Å². The van der Waals surface area contributed by atoms with Crippen LogP contribution in [0.15, 0.2) is 153 Å².